The number of hydrogen-bond acceptors (Lipinski definition) is 2. The van der Waals surface area contributed by atoms with Crippen molar-refractivity contribution in [1.29, 1.82) is 0 Å². The minimum Gasteiger partial charge on any atom is -0.390 e. The van der Waals surface area contributed by atoms with E-state index in [0.717, 1.165) is 16.8 Å². The van der Waals surface area contributed by atoms with E-state index < -0.39 is 0 Å². The number of rotatable bonds is 5. The van der Waals surface area contributed by atoms with Crippen molar-refractivity contribution in [3.8, 4) is 0 Å². The second-order valence-electron chi connectivity index (χ2n) is 7.20. The number of aliphatic hydroxyl groups excluding tert-OH is 1. The Balaban J connectivity index is 1.88. The fourth-order valence-corrected chi connectivity index (χ4v) is 3.35. The predicted molar refractivity (Wildman–Crippen MR) is 97.2 cm³/mol. The monoisotopic (exact) mass is 309 g/mol. The summed E-state index contributed by atoms with van der Waals surface area (Å²) in [6.07, 6.45) is 5.20. The summed E-state index contributed by atoms with van der Waals surface area (Å²) < 4.78 is 0. The lowest BCUT2D eigenvalue weighted by Gasteiger charge is -2.18. The molecule has 2 nitrogen and oxygen atoms in total. The van der Waals surface area contributed by atoms with Crippen molar-refractivity contribution in [2.45, 2.75) is 52.2 Å². The maximum Gasteiger partial charge on any atom is 0.0867 e. The first-order valence-electron chi connectivity index (χ1n) is 8.68. The zero-order chi connectivity index (χ0) is 16.7. The lowest BCUT2D eigenvalue weighted by Crippen LogP contribution is -2.13. The number of fused-ring (bicyclic) bond motifs is 3. The van der Waals surface area contributed by atoms with E-state index in [1.165, 1.54) is 17.5 Å². The van der Waals surface area contributed by atoms with Crippen LogP contribution in [0.15, 0.2) is 47.5 Å². The average molecular weight is 309 g/mol. The third-order valence-electron chi connectivity index (χ3n) is 5.49. The number of aryl methyl sites for hydroxylation is 1. The zero-order valence-electron chi connectivity index (χ0n) is 14.6. The zero-order valence-corrected chi connectivity index (χ0v) is 14.6. The molecule has 0 aromatic heterocycles. The van der Waals surface area contributed by atoms with E-state index in [0.29, 0.717) is 11.8 Å². The number of nitrogens with zero attached hydrogens (tertiary/aromatic N) is 1. The Kier molecular flexibility index (Phi) is 4.29. The van der Waals surface area contributed by atoms with Gasteiger partial charge >= 0.3 is 0 Å². The van der Waals surface area contributed by atoms with Crippen LogP contribution in [-0.4, -0.2) is 23.0 Å². The highest BCUT2D eigenvalue weighted by atomic mass is 16.3. The number of hydrogen-bond donors (Lipinski definition) is 1. The fraction of sp³-hybridized carbons (Fsp3) is 0.476. The van der Waals surface area contributed by atoms with Crippen LogP contribution in [0.5, 0.6) is 0 Å². The molecule has 1 aromatic carbocycles. The van der Waals surface area contributed by atoms with Crippen molar-refractivity contribution in [3.05, 3.63) is 59.2 Å². The SMILES string of the molecule is C=C(/C=C\C(C)[C@H](C)CC)C1=NC2C(O)C2c2ccc(C)cc21. The minimum atomic E-state index is -0.329. The Morgan fingerprint density at radius 1 is 1.39 bits per heavy atom. The van der Waals surface area contributed by atoms with E-state index in [9.17, 15) is 5.11 Å². The summed E-state index contributed by atoms with van der Waals surface area (Å²) in [4.78, 5) is 4.78. The normalized spacial score (nSPS) is 27.9. The summed E-state index contributed by atoms with van der Waals surface area (Å²) in [6, 6.07) is 6.46. The van der Waals surface area contributed by atoms with Gasteiger partial charge in [0, 0.05) is 11.5 Å². The molecule has 1 aromatic rings. The van der Waals surface area contributed by atoms with Gasteiger partial charge < -0.3 is 5.11 Å². The highest BCUT2D eigenvalue weighted by Crippen LogP contribution is 2.49. The Morgan fingerprint density at radius 3 is 2.83 bits per heavy atom. The van der Waals surface area contributed by atoms with E-state index in [-0.39, 0.29) is 18.1 Å². The van der Waals surface area contributed by atoms with Gasteiger partial charge in [0.1, 0.15) is 0 Å². The maximum atomic E-state index is 10.1. The summed E-state index contributed by atoms with van der Waals surface area (Å²) >= 11 is 0. The van der Waals surface area contributed by atoms with Gasteiger partial charge in [-0.1, -0.05) is 63.6 Å². The first-order chi connectivity index (χ1) is 10.9. The molecule has 0 amide bonds. The van der Waals surface area contributed by atoms with Crippen LogP contribution in [-0.2, 0) is 0 Å². The summed E-state index contributed by atoms with van der Waals surface area (Å²) in [5.41, 5.74) is 5.49. The summed E-state index contributed by atoms with van der Waals surface area (Å²) in [7, 11) is 0. The topological polar surface area (TPSA) is 32.6 Å². The minimum absolute atomic E-state index is 0.0253. The lowest BCUT2D eigenvalue weighted by molar-refractivity contribution is 0.266. The van der Waals surface area contributed by atoms with Gasteiger partial charge in [-0.2, -0.15) is 0 Å². The first kappa shape index (κ1) is 16.2. The number of aliphatic hydroxyl groups is 1. The van der Waals surface area contributed by atoms with Crippen LogP contribution in [0.25, 0.3) is 0 Å². The van der Waals surface area contributed by atoms with Crippen LogP contribution in [0.3, 0.4) is 0 Å². The molecule has 0 radical (unpaired) electrons. The van der Waals surface area contributed by atoms with Crippen molar-refractivity contribution in [2.24, 2.45) is 16.8 Å². The molecular formula is C21H27NO. The van der Waals surface area contributed by atoms with Gasteiger partial charge in [-0.25, -0.2) is 0 Å². The van der Waals surface area contributed by atoms with Crippen molar-refractivity contribution in [1.82, 2.24) is 0 Å². The van der Waals surface area contributed by atoms with Crippen LogP contribution >= 0.6 is 0 Å². The second kappa shape index (κ2) is 6.09. The van der Waals surface area contributed by atoms with E-state index in [1.807, 2.05) is 0 Å². The molecule has 1 N–H and O–H groups in total. The molecule has 0 saturated heterocycles. The van der Waals surface area contributed by atoms with Crippen LogP contribution in [0.2, 0.25) is 0 Å². The quantitative estimate of drug-likeness (QED) is 0.802. The molecule has 0 bridgehead atoms. The number of aliphatic imine (C=N–C) groups is 1. The van der Waals surface area contributed by atoms with Gasteiger partial charge in [0.15, 0.2) is 0 Å². The van der Waals surface area contributed by atoms with Crippen molar-refractivity contribution < 1.29 is 5.11 Å². The molecule has 0 spiro atoms. The van der Waals surface area contributed by atoms with Crippen LogP contribution in [0.1, 0.15) is 49.8 Å². The molecule has 2 aliphatic rings. The smallest absolute Gasteiger partial charge is 0.0867 e. The average Bonchev–Trinajstić information content (AvgIpc) is 3.20. The largest absolute Gasteiger partial charge is 0.390 e. The van der Waals surface area contributed by atoms with Crippen LogP contribution in [0.4, 0.5) is 0 Å². The molecule has 1 aliphatic heterocycles. The molecule has 1 fully saturated rings. The van der Waals surface area contributed by atoms with Crippen molar-refractivity contribution in [3.63, 3.8) is 0 Å². The van der Waals surface area contributed by atoms with Crippen molar-refractivity contribution in [2.75, 3.05) is 0 Å². The third kappa shape index (κ3) is 2.92. The summed E-state index contributed by atoms with van der Waals surface area (Å²) in [5, 5.41) is 10.1. The Labute approximate surface area is 139 Å². The molecule has 1 heterocycles. The molecule has 23 heavy (non-hydrogen) atoms. The fourth-order valence-electron chi connectivity index (χ4n) is 3.35. The molecule has 3 rings (SSSR count). The van der Waals surface area contributed by atoms with E-state index >= 15 is 0 Å². The van der Waals surface area contributed by atoms with Gasteiger partial charge in [0.25, 0.3) is 0 Å². The van der Waals surface area contributed by atoms with Gasteiger partial charge in [0.05, 0.1) is 17.9 Å². The predicted octanol–water partition coefficient (Wildman–Crippen LogP) is 4.42. The van der Waals surface area contributed by atoms with Crippen LogP contribution in [0, 0.1) is 18.8 Å². The van der Waals surface area contributed by atoms with E-state index in [4.69, 9.17) is 4.99 Å². The molecular weight excluding hydrogens is 282 g/mol. The molecule has 2 heteroatoms. The molecule has 5 atom stereocenters. The van der Waals surface area contributed by atoms with Gasteiger partial charge in [-0.3, -0.25) is 4.99 Å². The highest BCUT2D eigenvalue weighted by molar-refractivity contribution is 6.16. The van der Waals surface area contributed by atoms with Gasteiger partial charge in [-0.15, -0.1) is 0 Å². The Hall–Kier alpha value is -1.67. The summed E-state index contributed by atoms with van der Waals surface area (Å²) in [6.45, 7) is 13.1. The van der Waals surface area contributed by atoms with E-state index in [1.54, 1.807) is 0 Å². The third-order valence-corrected chi connectivity index (χ3v) is 5.49. The standard InChI is InChI=1S/C21H27NO/c1-6-13(3)14(4)8-9-15(5)19-17-11-12(2)7-10-16(17)18-20(22-19)21(18)23/h7-11,13-14,18,20-21,23H,5-6H2,1-4H3/b9-8-/t13-,14?,18?,20?,21?/m1/s1. The number of allylic oxidation sites excluding steroid dienone is 3. The Bertz CT molecular complexity index is 685. The first-order valence-corrected chi connectivity index (χ1v) is 8.68. The molecule has 1 saturated carbocycles. The van der Waals surface area contributed by atoms with Gasteiger partial charge in [-0.05, 0) is 36.0 Å². The van der Waals surface area contributed by atoms with Crippen molar-refractivity contribution >= 4 is 5.71 Å². The summed E-state index contributed by atoms with van der Waals surface area (Å²) in [5.74, 6) is 1.37. The maximum absolute atomic E-state index is 10.1. The Morgan fingerprint density at radius 2 is 2.13 bits per heavy atom. The lowest BCUT2D eigenvalue weighted by atomic mass is 9.89. The molecule has 4 unspecified atom stereocenters. The number of benzene rings is 1. The van der Waals surface area contributed by atoms with Crippen LogP contribution < -0.4 is 0 Å². The molecule has 122 valence electrons. The van der Waals surface area contributed by atoms with Gasteiger partial charge in [0.2, 0.25) is 0 Å². The second-order valence-corrected chi connectivity index (χ2v) is 7.20. The van der Waals surface area contributed by atoms with E-state index in [2.05, 4.69) is 64.6 Å². The molecule has 1 aliphatic carbocycles. The highest BCUT2D eigenvalue weighted by Gasteiger charge is 2.53.